The molecule has 1 heterocycles. The third-order valence-electron chi connectivity index (χ3n) is 5.06. The second-order valence-electron chi connectivity index (χ2n) is 7.44. The number of hydrogen-bond donors (Lipinski definition) is 1. The Labute approximate surface area is 181 Å². The summed E-state index contributed by atoms with van der Waals surface area (Å²) in [6.07, 6.45) is 0. The van der Waals surface area contributed by atoms with Crippen LogP contribution in [-0.4, -0.2) is 49.9 Å². The molecule has 0 unspecified atom stereocenters. The quantitative estimate of drug-likeness (QED) is 0.540. The average Bonchev–Trinajstić information content (AvgIpc) is 3.16. The third-order valence-corrected chi connectivity index (χ3v) is 5.06. The summed E-state index contributed by atoms with van der Waals surface area (Å²) in [7, 11) is 4.31. The van der Waals surface area contributed by atoms with Gasteiger partial charge in [-0.3, -0.25) is 14.4 Å². The standard InChI is InChI=1S/C23H26N2O6/c1-13(2)24-22(27)19-16-9-7-6-8-14(16)12-25(19)23(28)20(26)15-10-17(29-3)21(31-5)18(11-15)30-4/h6-11,13,19H,12H2,1-5H3,(H,24,27)/t19-/m0/s1. The number of hydrogen-bond acceptors (Lipinski definition) is 6. The van der Waals surface area contributed by atoms with Gasteiger partial charge in [-0.05, 0) is 37.1 Å². The molecule has 164 valence electrons. The smallest absolute Gasteiger partial charge is 0.296 e. The van der Waals surface area contributed by atoms with Crippen molar-refractivity contribution in [1.82, 2.24) is 10.2 Å². The fraction of sp³-hybridized carbons (Fsp3) is 0.348. The maximum Gasteiger partial charge on any atom is 0.296 e. The van der Waals surface area contributed by atoms with Crippen LogP contribution in [0.3, 0.4) is 0 Å². The molecule has 1 atom stereocenters. The van der Waals surface area contributed by atoms with Crippen molar-refractivity contribution in [2.75, 3.05) is 21.3 Å². The van der Waals surface area contributed by atoms with Gasteiger partial charge in [-0.15, -0.1) is 0 Å². The number of fused-ring (bicyclic) bond motifs is 1. The van der Waals surface area contributed by atoms with Gasteiger partial charge >= 0.3 is 0 Å². The minimum absolute atomic E-state index is 0.0819. The van der Waals surface area contributed by atoms with E-state index in [-0.39, 0.29) is 35.6 Å². The lowest BCUT2D eigenvalue weighted by Gasteiger charge is -2.25. The van der Waals surface area contributed by atoms with Crippen molar-refractivity contribution in [2.45, 2.75) is 32.5 Å². The van der Waals surface area contributed by atoms with Crippen LogP contribution in [0.2, 0.25) is 0 Å². The molecule has 2 aromatic rings. The first kappa shape index (κ1) is 22.1. The molecule has 0 spiro atoms. The lowest BCUT2D eigenvalue weighted by atomic mass is 10.0. The van der Waals surface area contributed by atoms with Crippen LogP contribution in [0.5, 0.6) is 17.2 Å². The van der Waals surface area contributed by atoms with Gasteiger partial charge in [0.1, 0.15) is 6.04 Å². The van der Waals surface area contributed by atoms with E-state index in [2.05, 4.69) is 5.32 Å². The number of benzene rings is 2. The maximum atomic E-state index is 13.3. The molecule has 0 aromatic heterocycles. The van der Waals surface area contributed by atoms with E-state index in [1.807, 2.05) is 32.0 Å². The van der Waals surface area contributed by atoms with Gasteiger partial charge in [-0.2, -0.15) is 0 Å². The third kappa shape index (κ3) is 4.19. The van der Waals surface area contributed by atoms with E-state index in [0.717, 1.165) is 5.56 Å². The number of ketones is 1. The molecule has 1 aliphatic heterocycles. The van der Waals surface area contributed by atoms with Crippen molar-refractivity contribution in [2.24, 2.45) is 0 Å². The van der Waals surface area contributed by atoms with Gasteiger partial charge in [0, 0.05) is 18.2 Å². The summed E-state index contributed by atoms with van der Waals surface area (Å²) in [6, 6.07) is 9.16. The highest BCUT2D eigenvalue weighted by atomic mass is 16.5. The molecule has 0 bridgehead atoms. The average molecular weight is 426 g/mol. The van der Waals surface area contributed by atoms with E-state index in [1.165, 1.54) is 38.4 Å². The van der Waals surface area contributed by atoms with Crippen molar-refractivity contribution in [3.63, 3.8) is 0 Å². The molecule has 0 saturated heterocycles. The van der Waals surface area contributed by atoms with Crippen LogP contribution >= 0.6 is 0 Å². The van der Waals surface area contributed by atoms with E-state index in [9.17, 15) is 14.4 Å². The Bertz CT molecular complexity index is 992. The van der Waals surface area contributed by atoms with E-state index in [4.69, 9.17) is 14.2 Å². The molecular weight excluding hydrogens is 400 g/mol. The largest absolute Gasteiger partial charge is 0.493 e. The zero-order chi connectivity index (χ0) is 22.7. The van der Waals surface area contributed by atoms with Gasteiger partial charge in [-0.25, -0.2) is 0 Å². The fourth-order valence-electron chi connectivity index (χ4n) is 3.69. The lowest BCUT2D eigenvalue weighted by Crippen LogP contribution is -2.44. The Morgan fingerprint density at radius 3 is 2.16 bits per heavy atom. The van der Waals surface area contributed by atoms with Crippen LogP contribution in [0.4, 0.5) is 0 Å². The molecule has 3 rings (SSSR count). The Balaban J connectivity index is 1.98. The Hall–Kier alpha value is -3.55. The molecule has 0 aliphatic carbocycles. The number of carbonyl (C=O) groups excluding carboxylic acids is 3. The van der Waals surface area contributed by atoms with Gasteiger partial charge in [-0.1, -0.05) is 24.3 Å². The second kappa shape index (κ2) is 9.07. The number of ether oxygens (including phenoxy) is 3. The topological polar surface area (TPSA) is 94.2 Å². The first-order chi connectivity index (χ1) is 14.8. The van der Waals surface area contributed by atoms with Crippen molar-refractivity contribution in [3.8, 4) is 17.2 Å². The molecule has 8 heteroatoms. The van der Waals surface area contributed by atoms with E-state index < -0.39 is 17.7 Å². The second-order valence-corrected chi connectivity index (χ2v) is 7.44. The Morgan fingerprint density at radius 1 is 1.00 bits per heavy atom. The van der Waals surface area contributed by atoms with Crippen LogP contribution < -0.4 is 19.5 Å². The highest BCUT2D eigenvalue weighted by Gasteiger charge is 2.41. The Morgan fingerprint density at radius 2 is 1.61 bits per heavy atom. The lowest BCUT2D eigenvalue weighted by molar-refractivity contribution is -0.137. The van der Waals surface area contributed by atoms with Gasteiger partial charge in [0.25, 0.3) is 11.7 Å². The normalized spacial score (nSPS) is 14.8. The van der Waals surface area contributed by atoms with Gasteiger partial charge in [0.05, 0.1) is 21.3 Å². The molecule has 0 saturated carbocycles. The number of Topliss-reactive ketones (excluding diaryl/α,β-unsaturated/α-hetero) is 1. The summed E-state index contributed by atoms with van der Waals surface area (Å²) in [5.41, 5.74) is 1.63. The van der Waals surface area contributed by atoms with Gasteiger partial charge in [0.2, 0.25) is 11.7 Å². The predicted octanol–water partition coefficient (Wildman–Crippen LogP) is 2.50. The van der Waals surface area contributed by atoms with Crippen LogP contribution in [0.1, 0.15) is 41.4 Å². The Kier molecular flexibility index (Phi) is 6.48. The fourth-order valence-corrected chi connectivity index (χ4v) is 3.69. The molecule has 1 aliphatic rings. The highest BCUT2D eigenvalue weighted by Crippen LogP contribution is 2.39. The van der Waals surface area contributed by atoms with Crippen LogP contribution in [-0.2, 0) is 16.1 Å². The van der Waals surface area contributed by atoms with E-state index in [1.54, 1.807) is 6.07 Å². The first-order valence-corrected chi connectivity index (χ1v) is 9.85. The molecule has 31 heavy (non-hydrogen) atoms. The van der Waals surface area contributed by atoms with Crippen molar-refractivity contribution in [3.05, 3.63) is 53.1 Å². The van der Waals surface area contributed by atoms with Crippen LogP contribution in [0.25, 0.3) is 0 Å². The number of amides is 2. The number of nitrogens with zero attached hydrogens (tertiary/aromatic N) is 1. The molecule has 0 radical (unpaired) electrons. The maximum absolute atomic E-state index is 13.3. The first-order valence-electron chi connectivity index (χ1n) is 9.85. The predicted molar refractivity (Wildman–Crippen MR) is 113 cm³/mol. The summed E-state index contributed by atoms with van der Waals surface area (Å²) >= 11 is 0. The molecule has 2 amide bonds. The number of carbonyl (C=O) groups is 3. The zero-order valence-corrected chi connectivity index (χ0v) is 18.2. The number of rotatable bonds is 7. The summed E-state index contributed by atoms with van der Waals surface area (Å²) in [5, 5.41) is 2.84. The van der Waals surface area contributed by atoms with Crippen LogP contribution in [0, 0.1) is 0 Å². The minimum Gasteiger partial charge on any atom is -0.493 e. The van der Waals surface area contributed by atoms with E-state index >= 15 is 0 Å². The number of methoxy groups -OCH3 is 3. The molecule has 2 aromatic carbocycles. The van der Waals surface area contributed by atoms with E-state index in [0.29, 0.717) is 11.3 Å². The molecule has 0 fully saturated rings. The highest BCUT2D eigenvalue weighted by molar-refractivity contribution is 6.43. The summed E-state index contributed by atoms with van der Waals surface area (Å²) in [5.74, 6) is -1.04. The molecular formula is C23H26N2O6. The SMILES string of the molecule is COc1cc(C(=O)C(=O)N2Cc3ccccc3[C@H]2C(=O)NC(C)C)cc(OC)c1OC. The summed E-state index contributed by atoms with van der Waals surface area (Å²) in [6.45, 7) is 3.85. The minimum atomic E-state index is -0.878. The summed E-state index contributed by atoms with van der Waals surface area (Å²) in [4.78, 5) is 40.6. The van der Waals surface area contributed by atoms with Crippen molar-refractivity contribution < 1.29 is 28.6 Å². The van der Waals surface area contributed by atoms with Gasteiger partial charge < -0.3 is 24.4 Å². The van der Waals surface area contributed by atoms with Crippen molar-refractivity contribution in [1.29, 1.82) is 0 Å². The molecule has 1 N–H and O–H groups in total. The van der Waals surface area contributed by atoms with Gasteiger partial charge in [0.15, 0.2) is 11.5 Å². The zero-order valence-electron chi connectivity index (χ0n) is 18.2. The van der Waals surface area contributed by atoms with Crippen LogP contribution in [0.15, 0.2) is 36.4 Å². The summed E-state index contributed by atoms with van der Waals surface area (Å²) < 4.78 is 15.8. The number of nitrogens with one attached hydrogen (secondary N) is 1. The van der Waals surface area contributed by atoms with Crippen molar-refractivity contribution >= 4 is 17.6 Å². The molecule has 8 nitrogen and oxygen atoms in total. The monoisotopic (exact) mass is 426 g/mol.